The van der Waals surface area contributed by atoms with Crippen LogP contribution in [0.15, 0.2) is 30.3 Å². The first kappa shape index (κ1) is 10.7. The third-order valence-electron chi connectivity index (χ3n) is 3.29. The molecule has 1 aromatic rings. The Labute approximate surface area is 92.9 Å². The molecular formula is C14H21N. The van der Waals surface area contributed by atoms with Crippen LogP contribution in [0.3, 0.4) is 0 Å². The van der Waals surface area contributed by atoms with Crippen LogP contribution < -0.4 is 5.32 Å². The van der Waals surface area contributed by atoms with Crippen LogP contribution in [0.5, 0.6) is 0 Å². The van der Waals surface area contributed by atoms with Crippen LogP contribution in [0.1, 0.15) is 37.7 Å². The highest BCUT2D eigenvalue weighted by atomic mass is 15.0. The highest BCUT2D eigenvalue weighted by Gasteiger charge is 2.14. The first-order valence-electron chi connectivity index (χ1n) is 6.22. The van der Waals surface area contributed by atoms with Gasteiger partial charge < -0.3 is 5.32 Å². The number of unbranched alkanes of at least 4 members (excludes halogenated alkanes) is 2. The fourth-order valence-corrected chi connectivity index (χ4v) is 2.14. The van der Waals surface area contributed by atoms with Crippen LogP contribution in [-0.2, 0) is 6.42 Å². The molecule has 1 heterocycles. The summed E-state index contributed by atoms with van der Waals surface area (Å²) in [5, 5.41) is 3.45. The Balaban J connectivity index is 1.51. The first-order chi connectivity index (χ1) is 7.45. The van der Waals surface area contributed by atoms with E-state index < -0.39 is 0 Å². The van der Waals surface area contributed by atoms with Crippen molar-refractivity contribution in [2.45, 2.75) is 44.6 Å². The average molecular weight is 203 g/mol. The van der Waals surface area contributed by atoms with Crippen molar-refractivity contribution < 1.29 is 0 Å². The van der Waals surface area contributed by atoms with Gasteiger partial charge in [0.05, 0.1) is 0 Å². The maximum absolute atomic E-state index is 3.45. The van der Waals surface area contributed by atoms with Crippen LogP contribution in [0.2, 0.25) is 0 Å². The van der Waals surface area contributed by atoms with Crippen molar-refractivity contribution in [1.29, 1.82) is 0 Å². The fraction of sp³-hybridized carbons (Fsp3) is 0.571. The normalized spacial score (nSPS) is 19.9. The topological polar surface area (TPSA) is 12.0 Å². The van der Waals surface area contributed by atoms with E-state index >= 15 is 0 Å². The van der Waals surface area contributed by atoms with E-state index in [1.54, 1.807) is 0 Å². The SMILES string of the molecule is c1ccc(CCCCCC2CCN2)cc1. The van der Waals surface area contributed by atoms with E-state index in [1.165, 1.54) is 50.6 Å². The predicted molar refractivity (Wildman–Crippen MR) is 65.0 cm³/mol. The molecule has 1 atom stereocenters. The van der Waals surface area contributed by atoms with Crippen molar-refractivity contribution in [2.75, 3.05) is 6.54 Å². The third kappa shape index (κ3) is 3.67. The van der Waals surface area contributed by atoms with E-state index in [-0.39, 0.29) is 0 Å². The summed E-state index contributed by atoms with van der Waals surface area (Å²) >= 11 is 0. The molecule has 1 aromatic carbocycles. The Morgan fingerprint density at radius 1 is 1.07 bits per heavy atom. The van der Waals surface area contributed by atoms with E-state index in [0.717, 1.165) is 6.04 Å². The lowest BCUT2D eigenvalue weighted by Gasteiger charge is -2.27. The van der Waals surface area contributed by atoms with Gasteiger partial charge in [0.15, 0.2) is 0 Å². The second-order valence-corrected chi connectivity index (χ2v) is 4.52. The maximum atomic E-state index is 3.45. The van der Waals surface area contributed by atoms with E-state index in [4.69, 9.17) is 0 Å². The molecule has 1 fully saturated rings. The monoisotopic (exact) mass is 203 g/mol. The molecule has 1 nitrogen and oxygen atoms in total. The fourth-order valence-electron chi connectivity index (χ4n) is 2.14. The van der Waals surface area contributed by atoms with Gasteiger partial charge in [-0.05, 0) is 37.8 Å². The molecule has 2 rings (SSSR count). The molecule has 82 valence electrons. The lowest BCUT2D eigenvalue weighted by molar-refractivity contribution is 0.340. The van der Waals surface area contributed by atoms with Gasteiger partial charge in [0.25, 0.3) is 0 Å². The standard InChI is InChI=1S/C14H21N/c1-3-7-13(8-4-1)9-5-2-6-10-14-11-12-15-14/h1,3-4,7-8,14-15H,2,5-6,9-12H2. The quantitative estimate of drug-likeness (QED) is 0.700. The predicted octanol–water partition coefficient (Wildman–Crippen LogP) is 3.15. The third-order valence-corrected chi connectivity index (χ3v) is 3.29. The minimum Gasteiger partial charge on any atom is -0.314 e. The molecule has 0 saturated carbocycles. The molecule has 1 aliphatic heterocycles. The number of nitrogens with one attached hydrogen (secondary N) is 1. The van der Waals surface area contributed by atoms with Gasteiger partial charge in [-0.3, -0.25) is 0 Å². The lowest BCUT2D eigenvalue weighted by Crippen LogP contribution is -2.42. The van der Waals surface area contributed by atoms with E-state index in [1.807, 2.05) is 0 Å². The van der Waals surface area contributed by atoms with Crippen LogP contribution in [-0.4, -0.2) is 12.6 Å². The van der Waals surface area contributed by atoms with Crippen molar-refractivity contribution in [1.82, 2.24) is 5.32 Å². The highest BCUT2D eigenvalue weighted by Crippen LogP contribution is 2.13. The van der Waals surface area contributed by atoms with Crippen molar-refractivity contribution in [3.05, 3.63) is 35.9 Å². The van der Waals surface area contributed by atoms with Gasteiger partial charge in [0, 0.05) is 6.04 Å². The minimum atomic E-state index is 0.849. The van der Waals surface area contributed by atoms with Crippen molar-refractivity contribution in [3.8, 4) is 0 Å². The average Bonchev–Trinajstić information content (AvgIpc) is 2.22. The number of hydrogen-bond donors (Lipinski definition) is 1. The number of benzene rings is 1. The van der Waals surface area contributed by atoms with Crippen LogP contribution in [0.4, 0.5) is 0 Å². The van der Waals surface area contributed by atoms with Crippen molar-refractivity contribution in [3.63, 3.8) is 0 Å². The summed E-state index contributed by atoms with van der Waals surface area (Å²) in [6.45, 7) is 1.24. The largest absolute Gasteiger partial charge is 0.314 e. The minimum absolute atomic E-state index is 0.849. The van der Waals surface area contributed by atoms with E-state index in [9.17, 15) is 0 Å². The highest BCUT2D eigenvalue weighted by molar-refractivity contribution is 5.14. The van der Waals surface area contributed by atoms with E-state index in [0.29, 0.717) is 0 Å². The molecule has 0 aliphatic carbocycles. The molecule has 0 radical (unpaired) electrons. The molecule has 1 heteroatoms. The maximum Gasteiger partial charge on any atom is 0.00791 e. The summed E-state index contributed by atoms with van der Waals surface area (Å²) in [6, 6.07) is 11.7. The van der Waals surface area contributed by atoms with Gasteiger partial charge in [-0.2, -0.15) is 0 Å². The Bertz CT molecular complexity index is 264. The Kier molecular flexibility index (Phi) is 4.22. The summed E-state index contributed by atoms with van der Waals surface area (Å²) in [5.74, 6) is 0. The Morgan fingerprint density at radius 3 is 2.53 bits per heavy atom. The van der Waals surface area contributed by atoms with Gasteiger partial charge in [0.1, 0.15) is 0 Å². The zero-order valence-electron chi connectivity index (χ0n) is 9.41. The zero-order valence-corrected chi connectivity index (χ0v) is 9.41. The van der Waals surface area contributed by atoms with Crippen LogP contribution in [0, 0.1) is 0 Å². The molecule has 0 aromatic heterocycles. The lowest BCUT2D eigenvalue weighted by atomic mass is 9.99. The molecular weight excluding hydrogens is 182 g/mol. The summed E-state index contributed by atoms with van der Waals surface area (Å²) < 4.78 is 0. The van der Waals surface area contributed by atoms with Crippen molar-refractivity contribution in [2.24, 2.45) is 0 Å². The van der Waals surface area contributed by atoms with Gasteiger partial charge in [-0.15, -0.1) is 0 Å². The molecule has 1 saturated heterocycles. The second-order valence-electron chi connectivity index (χ2n) is 4.52. The Morgan fingerprint density at radius 2 is 1.87 bits per heavy atom. The smallest absolute Gasteiger partial charge is 0.00791 e. The van der Waals surface area contributed by atoms with Gasteiger partial charge in [-0.25, -0.2) is 0 Å². The molecule has 15 heavy (non-hydrogen) atoms. The van der Waals surface area contributed by atoms with Crippen LogP contribution >= 0.6 is 0 Å². The molecule has 0 bridgehead atoms. The first-order valence-corrected chi connectivity index (χ1v) is 6.22. The number of aryl methyl sites for hydroxylation is 1. The molecule has 0 spiro atoms. The van der Waals surface area contributed by atoms with Gasteiger partial charge in [-0.1, -0.05) is 43.2 Å². The molecule has 1 N–H and O–H groups in total. The summed E-state index contributed by atoms with van der Waals surface area (Å²) in [5.41, 5.74) is 1.49. The summed E-state index contributed by atoms with van der Waals surface area (Å²) in [6.07, 6.45) is 8.15. The molecule has 1 unspecified atom stereocenters. The summed E-state index contributed by atoms with van der Waals surface area (Å²) in [7, 11) is 0. The summed E-state index contributed by atoms with van der Waals surface area (Å²) in [4.78, 5) is 0. The second kappa shape index (κ2) is 5.92. The van der Waals surface area contributed by atoms with E-state index in [2.05, 4.69) is 35.6 Å². The van der Waals surface area contributed by atoms with Gasteiger partial charge >= 0.3 is 0 Å². The van der Waals surface area contributed by atoms with Gasteiger partial charge in [0.2, 0.25) is 0 Å². The number of rotatable bonds is 6. The molecule has 1 aliphatic rings. The Hall–Kier alpha value is -0.820. The number of hydrogen-bond acceptors (Lipinski definition) is 1. The van der Waals surface area contributed by atoms with Crippen LogP contribution in [0.25, 0.3) is 0 Å². The molecule has 0 amide bonds. The zero-order chi connectivity index (χ0) is 10.3. The van der Waals surface area contributed by atoms with Crippen molar-refractivity contribution >= 4 is 0 Å².